The van der Waals surface area contributed by atoms with Gasteiger partial charge in [-0.3, -0.25) is 10.2 Å². The van der Waals surface area contributed by atoms with Gasteiger partial charge in [0.15, 0.2) is 9.84 Å². The van der Waals surface area contributed by atoms with Crippen molar-refractivity contribution in [3.05, 3.63) is 0 Å². The summed E-state index contributed by atoms with van der Waals surface area (Å²) in [6.45, 7) is 0. The topological polar surface area (TPSA) is 102 Å². The van der Waals surface area contributed by atoms with Gasteiger partial charge >= 0.3 is 0 Å². The Bertz CT molecular complexity index is 325. The van der Waals surface area contributed by atoms with Gasteiger partial charge in [-0.05, 0) is 0 Å². The summed E-state index contributed by atoms with van der Waals surface area (Å²) in [4.78, 5) is 10.8. The molecule has 0 aliphatic carbocycles. The number of nitrogens with one attached hydrogen (secondary N) is 1. The van der Waals surface area contributed by atoms with Crippen molar-refractivity contribution >= 4 is 33.1 Å². The Hall–Kier alpha value is -0.760. The van der Waals surface area contributed by atoms with Gasteiger partial charge in [-0.2, -0.15) is 5.10 Å². The number of carbonyl (C=O) groups is 1. The number of nitrogens with two attached hydrogens (primary N) is 1. The van der Waals surface area contributed by atoms with Crippen molar-refractivity contribution in [1.29, 1.82) is 0 Å². The van der Waals surface area contributed by atoms with Crippen molar-refractivity contribution in [3.63, 3.8) is 0 Å². The summed E-state index contributed by atoms with van der Waals surface area (Å²) >= 11 is 0.740. The lowest BCUT2D eigenvalue weighted by molar-refractivity contribution is -0.118. The molecule has 0 bridgehead atoms. The smallest absolute Gasteiger partial charge is 0.285 e. The Labute approximate surface area is 73.5 Å². The van der Waals surface area contributed by atoms with E-state index in [2.05, 4.69) is 10.5 Å². The molecular weight excluding hydrogens is 202 g/mol. The molecule has 6 nitrogen and oxygen atoms in total. The maximum Gasteiger partial charge on any atom is 0.285 e. The van der Waals surface area contributed by atoms with Crippen LogP contribution in [-0.2, 0) is 14.6 Å². The van der Waals surface area contributed by atoms with Crippen LogP contribution in [0, 0.1) is 0 Å². The van der Waals surface area contributed by atoms with Crippen LogP contribution in [0.25, 0.3) is 0 Å². The average Bonchev–Trinajstić information content (AvgIpc) is 2.31. The zero-order valence-corrected chi connectivity index (χ0v) is 7.78. The first-order chi connectivity index (χ1) is 5.40. The minimum Gasteiger partial charge on any atom is -0.366 e. The molecule has 1 amide bonds. The van der Waals surface area contributed by atoms with Gasteiger partial charge in [0.1, 0.15) is 0 Å². The van der Waals surface area contributed by atoms with Crippen molar-refractivity contribution in [1.82, 2.24) is 5.43 Å². The van der Waals surface area contributed by atoms with Gasteiger partial charge in [0.25, 0.3) is 10.1 Å². The first-order valence-electron chi connectivity index (χ1n) is 2.86. The lowest BCUT2D eigenvalue weighted by atomic mass is 10.6. The van der Waals surface area contributed by atoms with Gasteiger partial charge in [-0.25, -0.2) is 8.42 Å². The number of carbonyl (C=O) groups excluding carboxylic acids is 1. The fraction of sp³-hybridized carbons (Fsp3) is 0.500. The predicted octanol–water partition coefficient (Wildman–Crippen LogP) is -1.55. The molecule has 68 valence electrons. The van der Waals surface area contributed by atoms with Crippen LogP contribution in [0.1, 0.15) is 0 Å². The molecule has 0 radical (unpaired) electrons. The molecule has 8 heteroatoms. The molecule has 1 unspecified atom stereocenters. The van der Waals surface area contributed by atoms with Crippen molar-refractivity contribution < 1.29 is 13.2 Å². The zero-order chi connectivity index (χ0) is 9.41. The van der Waals surface area contributed by atoms with Gasteiger partial charge in [0, 0.05) is 6.26 Å². The molecule has 0 spiro atoms. The molecule has 1 heterocycles. The second-order valence-corrected chi connectivity index (χ2v) is 5.69. The van der Waals surface area contributed by atoms with E-state index in [9.17, 15) is 13.2 Å². The molecule has 0 aromatic heterocycles. The number of hydrazone groups is 1. The molecule has 1 aliphatic rings. The largest absolute Gasteiger partial charge is 0.366 e. The van der Waals surface area contributed by atoms with E-state index in [4.69, 9.17) is 5.73 Å². The highest BCUT2D eigenvalue weighted by molar-refractivity contribution is 8.23. The van der Waals surface area contributed by atoms with Gasteiger partial charge in [-0.1, -0.05) is 11.8 Å². The Balaban J connectivity index is 3.15. The monoisotopic (exact) mass is 209 g/mol. The lowest BCUT2D eigenvalue weighted by Crippen LogP contribution is -2.54. The summed E-state index contributed by atoms with van der Waals surface area (Å²) in [5, 5.41) is 3.43. The SMILES string of the molecule is CS(=O)(=O)C1(C(N)=O)NN=CS1. The molecule has 0 fully saturated rings. The van der Waals surface area contributed by atoms with E-state index in [-0.39, 0.29) is 0 Å². The summed E-state index contributed by atoms with van der Waals surface area (Å²) in [7, 11) is -3.61. The molecule has 0 aromatic carbocycles. The number of amides is 1. The van der Waals surface area contributed by atoms with Crippen LogP contribution in [0.15, 0.2) is 5.10 Å². The van der Waals surface area contributed by atoms with E-state index in [0.29, 0.717) is 0 Å². The Kier molecular flexibility index (Phi) is 2.04. The summed E-state index contributed by atoms with van der Waals surface area (Å²) in [6.07, 6.45) is 0.923. The summed E-state index contributed by atoms with van der Waals surface area (Å²) in [5.74, 6) is -0.965. The predicted molar refractivity (Wildman–Crippen MR) is 46.0 cm³/mol. The Morgan fingerprint density at radius 2 is 2.33 bits per heavy atom. The fourth-order valence-electron chi connectivity index (χ4n) is 0.704. The quantitative estimate of drug-likeness (QED) is 0.573. The third kappa shape index (κ3) is 1.16. The van der Waals surface area contributed by atoms with E-state index in [0.717, 1.165) is 18.0 Å². The van der Waals surface area contributed by atoms with Crippen molar-refractivity contribution in [2.24, 2.45) is 10.8 Å². The van der Waals surface area contributed by atoms with Gasteiger partial charge < -0.3 is 5.73 Å². The number of nitrogens with zero attached hydrogens (tertiary/aromatic N) is 1. The van der Waals surface area contributed by atoms with Crippen molar-refractivity contribution in [2.45, 2.75) is 4.20 Å². The van der Waals surface area contributed by atoms with E-state index in [1.165, 1.54) is 5.55 Å². The maximum atomic E-state index is 11.1. The first-order valence-corrected chi connectivity index (χ1v) is 5.63. The van der Waals surface area contributed by atoms with Gasteiger partial charge in [0.05, 0.1) is 5.55 Å². The highest BCUT2D eigenvalue weighted by Gasteiger charge is 2.49. The van der Waals surface area contributed by atoms with Gasteiger partial charge in [-0.15, -0.1) is 0 Å². The summed E-state index contributed by atoms with van der Waals surface area (Å²) in [6, 6.07) is 0. The first kappa shape index (κ1) is 9.33. The highest BCUT2D eigenvalue weighted by Crippen LogP contribution is 2.29. The standard InChI is InChI=1S/C4H7N3O3S2/c1-12(9,10)4(3(5)8)7-6-2-11-4/h2,7H,1H3,(H2,5,8). The number of sulfone groups is 1. The number of primary amides is 1. The summed E-state index contributed by atoms with van der Waals surface area (Å²) < 4.78 is 20.5. The molecule has 1 atom stereocenters. The Morgan fingerprint density at radius 1 is 1.75 bits per heavy atom. The molecule has 0 saturated heterocycles. The van der Waals surface area contributed by atoms with Crippen LogP contribution in [0.5, 0.6) is 0 Å². The molecular formula is C4H7N3O3S2. The molecule has 0 aromatic rings. The minimum atomic E-state index is -3.61. The number of hydrogen-bond acceptors (Lipinski definition) is 6. The van der Waals surface area contributed by atoms with Crippen LogP contribution in [0.3, 0.4) is 0 Å². The second kappa shape index (κ2) is 2.63. The number of thioether (sulfide) groups is 1. The summed E-state index contributed by atoms with van der Waals surface area (Å²) in [5.41, 5.74) is 8.34. The van der Waals surface area contributed by atoms with Crippen LogP contribution in [0.4, 0.5) is 0 Å². The zero-order valence-electron chi connectivity index (χ0n) is 6.14. The second-order valence-electron chi connectivity index (χ2n) is 2.22. The number of hydrogen-bond donors (Lipinski definition) is 2. The molecule has 1 aliphatic heterocycles. The van der Waals surface area contributed by atoms with E-state index < -0.39 is 19.9 Å². The highest BCUT2D eigenvalue weighted by atomic mass is 32.3. The van der Waals surface area contributed by atoms with E-state index in [1.54, 1.807) is 0 Å². The minimum absolute atomic E-state index is 0.740. The molecule has 3 N–H and O–H groups in total. The number of rotatable bonds is 2. The van der Waals surface area contributed by atoms with Crippen molar-refractivity contribution in [2.75, 3.05) is 6.26 Å². The van der Waals surface area contributed by atoms with Crippen LogP contribution in [-0.4, -0.2) is 30.3 Å². The van der Waals surface area contributed by atoms with Crippen LogP contribution >= 0.6 is 11.8 Å². The third-order valence-corrected chi connectivity index (χ3v) is 4.70. The van der Waals surface area contributed by atoms with Gasteiger partial charge in [0.2, 0.25) is 0 Å². The van der Waals surface area contributed by atoms with Crippen LogP contribution in [0.2, 0.25) is 0 Å². The molecule has 1 rings (SSSR count). The van der Waals surface area contributed by atoms with E-state index in [1.807, 2.05) is 0 Å². The fourth-order valence-corrected chi connectivity index (χ4v) is 2.59. The normalized spacial score (nSPS) is 28.4. The lowest BCUT2D eigenvalue weighted by Gasteiger charge is -2.20. The maximum absolute atomic E-state index is 11.1. The third-order valence-electron chi connectivity index (χ3n) is 1.33. The van der Waals surface area contributed by atoms with E-state index >= 15 is 0 Å². The van der Waals surface area contributed by atoms with Crippen LogP contribution < -0.4 is 11.2 Å². The average molecular weight is 209 g/mol. The Morgan fingerprint density at radius 3 is 2.50 bits per heavy atom. The molecule has 0 saturated carbocycles. The van der Waals surface area contributed by atoms with Crippen molar-refractivity contribution in [3.8, 4) is 0 Å². The molecule has 12 heavy (non-hydrogen) atoms.